The fourth-order valence-electron chi connectivity index (χ4n) is 4.08. The lowest BCUT2D eigenvalue weighted by atomic mass is 9.73. The lowest BCUT2D eigenvalue weighted by Crippen LogP contribution is -2.64. The number of para-hydroxylation sites is 1. The molecule has 2 heterocycles. The Labute approximate surface area is 148 Å². The highest BCUT2D eigenvalue weighted by molar-refractivity contribution is 5.86. The van der Waals surface area contributed by atoms with E-state index < -0.39 is 0 Å². The van der Waals surface area contributed by atoms with Crippen LogP contribution in [0.3, 0.4) is 0 Å². The summed E-state index contributed by atoms with van der Waals surface area (Å²) in [6.45, 7) is 2.65. The monoisotopic (exact) mass is 337 g/mol. The van der Waals surface area contributed by atoms with Crippen molar-refractivity contribution in [2.45, 2.75) is 17.8 Å². The first-order valence-electron chi connectivity index (χ1n) is 8.78. The molecule has 0 N–H and O–H groups in total. The minimum absolute atomic E-state index is 0.0869. The summed E-state index contributed by atoms with van der Waals surface area (Å²) in [5, 5.41) is 0. The quantitative estimate of drug-likeness (QED) is 0.861. The van der Waals surface area contributed by atoms with Crippen LogP contribution in [0.15, 0.2) is 54.6 Å². The van der Waals surface area contributed by atoms with Gasteiger partial charge >= 0.3 is 0 Å². The molecule has 0 radical (unpaired) electrons. The molecule has 130 valence electrons. The molecule has 4 nitrogen and oxygen atoms in total. The normalized spacial score (nSPS) is 21.0. The predicted octanol–water partition coefficient (Wildman–Crippen LogP) is 2.98. The Morgan fingerprint density at radius 2 is 1.88 bits per heavy atom. The van der Waals surface area contributed by atoms with Crippen LogP contribution >= 0.6 is 0 Å². The molecule has 1 fully saturated rings. The number of hydrogen-bond donors (Lipinski definition) is 0. The molecule has 2 aromatic carbocycles. The van der Waals surface area contributed by atoms with Crippen molar-refractivity contribution in [2.75, 3.05) is 33.4 Å². The molecule has 2 aliphatic heterocycles. The SMILES string of the molecule is COCC1(c2ccccc2)CN(C(=O)C2CCOc3ccccc32)C1. The number of rotatable bonds is 4. The summed E-state index contributed by atoms with van der Waals surface area (Å²) in [6, 6.07) is 18.3. The summed E-state index contributed by atoms with van der Waals surface area (Å²) in [7, 11) is 1.73. The standard InChI is InChI=1S/C21H23NO3/c1-24-15-21(16-7-3-2-4-8-16)13-22(14-21)20(23)18-11-12-25-19-10-6-5-9-17(18)19/h2-10,18H,11-15H2,1H3. The predicted molar refractivity (Wildman–Crippen MR) is 95.9 cm³/mol. The van der Waals surface area contributed by atoms with Gasteiger partial charge in [-0.2, -0.15) is 0 Å². The van der Waals surface area contributed by atoms with Gasteiger partial charge < -0.3 is 14.4 Å². The number of ether oxygens (including phenoxy) is 2. The Hall–Kier alpha value is -2.33. The van der Waals surface area contributed by atoms with Crippen LogP contribution in [0, 0.1) is 0 Å². The van der Waals surface area contributed by atoms with Crippen molar-refractivity contribution in [3.05, 3.63) is 65.7 Å². The fourth-order valence-corrected chi connectivity index (χ4v) is 4.08. The second-order valence-electron chi connectivity index (χ2n) is 7.00. The maximum absolute atomic E-state index is 13.1. The molecular formula is C21H23NO3. The van der Waals surface area contributed by atoms with E-state index in [4.69, 9.17) is 9.47 Å². The van der Waals surface area contributed by atoms with Gasteiger partial charge in [-0.25, -0.2) is 0 Å². The van der Waals surface area contributed by atoms with Crippen LogP contribution in [0.2, 0.25) is 0 Å². The maximum atomic E-state index is 13.1. The van der Waals surface area contributed by atoms with Crippen LogP contribution in [-0.2, 0) is 14.9 Å². The van der Waals surface area contributed by atoms with Crippen LogP contribution in [0.25, 0.3) is 0 Å². The van der Waals surface area contributed by atoms with E-state index in [1.807, 2.05) is 47.4 Å². The van der Waals surface area contributed by atoms with E-state index in [1.54, 1.807) is 7.11 Å². The first-order valence-corrected chi connectivity index (χ1v) is 8.78. The average molecular weight is 337 g/mol. The smallest absolute Gasteiger partial charge is 0.230 e. The number of amides is 1. The number of hydrogen-bond acceptors (Lipinski definition) is 3. The molecule has 25 heavy (non-hydrogen) atoms. The van der Waals surface area contributed by atoms with Crippen molar-refractivity contribution in [3.63, 3.8) is 0 Å². The third-order valence-corrected chi connectivity index (χ3v) is 5.36. The molecule has 0 saturated carbocycles. The van der Waals surface area contributed by atoms with Crippen LogP contribution in [0.1, 0.15) is 23.5 Å². The molecule has 4 rings (SSSR count). The minimum Gasteiger partial charge on any atom is -0.493 e. The van der Waals surface area contributed by atoms with Gasteiger partial charge in [0.1, 0.15) is 5.75 Å². The molecule has 2 aliphatic rings. The van der Waals surface area contributed by atoms with E-state index >= 15 is 0 Å². The molecule has 1 amide bonds. The topological polar surface area (TPSA) is 38.8 Å². The Kier molecular flexibility index (Phi) is 4.22. The molecule has 1 unspecified atom stereocenters. The zero-order chi connectivity index (χ0) is 17.3. The minimum atomic E-state index is -0.0960. The van der Waals surface area contributed by atoms with Gasteiger partial charge in [0.15, 0.2) is 0 Å². The van der Waals surface area contributed by atoms with Crippen molar-refractivity contribution in [2.24, 2.45) is 0 Å². The first kappa shape index (κ1) is 16.2. The van der Waals surface area contributed by atoms with Crippen LogP contribution < -0.4 is 4.74 Å². The van der Waals surface area contributed by atoms with Crippen molar-refractivity contribution in [1.82, 2.24) is 4.90 Å². The summed E-state index contributed by atoms with van der Waals surface area (Å²) in [5.74, 6) is 0.957. The number of carbonyl (C=O) groups excluding carboxylic acids is 1. The maximum Gasteiger partial charge on any atom is 0.230 e. The Bertz CT molecular complexity index is 753. The molecule has 0 aliphatic carbocycles. The summed E-state index contributed by atoms with van der Waals surface area (Å²) >= 11 is 0. The molecule has 0 bridgehead atoms. The summed E-state index contributed by atoms with van der Waals surface area (Å²) < 4.78 is 11.2. The summed E-state index contributed by atoms with van der Waals surface area (Å²) in [5.41, 5.74) is 2.17. The lowest BCUT2D eigenvalue weighted by molar-refractivity contribution is -0.143. The van der Waals surface area contributed by atoms with Crippen molar-refractivity contribution in [3.8, 4) is 5.75 Å². The highest BCUT2D eigenvalue weighted by Crippen LogP contribution is 2.40. The van der Waals surface area contributed by atoms with Gasteiger partial charge in [-0.15, -0.1) is 0 Å². The van der Waals surface area contributed by atoms with Crippen LogP contribution in [-0.4, -0.2) is 44.2 Å². The van der Waals surface area contributed by atoms with Gasteiger partial charge in [0.05, 0.1) is 24.5 Å². The second kappa shape index (κ2) is 6.52. The number of carbonyl (C=O) groups is 1. The molecule has 0 aromatic heterocycles. The number of fused-ring (bicyclic) bond motifs is 1. The molecular weight excluding hydrogens is 314 g/mol. The molecule has 2 aromatic rings. The number of methoxy groups -OCH3 is 1. The molecule has 1 saturated heterocycles. The highest BCUT2D eigenvalue weighted by atomic mass is 16.5. The molecule has 4 heteroatoms. The number of benzene rings is 2. The van der Waals surface area contributed by atoms with Crippen LogP contribution in [0.4, 0.5) is 0 Å². The Morgan fingerprint density at radius 1 is 1.16 bits per heavy atom. The molecule has 1 atom stereocenters. The zero-order valence-electron chi connectivity index (χ0n) is 14.5. The van der Waals surface area contributed by atoms with E-state index in [0.29, 0.717) is 26.3 Å². The van der Waals surface area contributed by atoms with Gasteiger partial charge in [0, 0.05) is 25.8 Å². The van der Waals surface area contributed by atoms with Crippen molar-refractivity contribution < 1.29 is 14.3 Å². The largest absolute Gasteiger partial charge is 0.493 e. The van der Waals surface area contributed by atoms with Crippen LogP contribution in [0.5, 0.6) is 5.75 Å². The summed E-state index contributed by atoms with van der Waals surface area (Å²) in [6.07, 6.45) is 0.745. The Morgan fingerprint density at radius 3 is 2.64 bits per heavy atom. The third-order valence-electron chi connectivity index (χ3n) is 5.36. The lowest BCUT2D eigenvalue weighted by Gasteiger charge is -2.51. The van der Waals surface area contributed by atoms with E-state index in [1.165, 1.54) is 5.56 Å². The van der Waals surface area contributed by atoms with Gasteiger partial charge in [-0.1, -0.05) is 48.5 Å². The number of likely N-dealkylation sites (tertiary alicyclic amines) is 1. The third kappa shape index (κ3) is 2.81. The van der Waals surface area contributed by atoms with Crippen molar-refractivity contribution in [1.29, 1.82) is 0 Å². The first-order chi connectivity index (χ1) is 12.2. The number of nitrogens with zero attached hydrogens (tertiary/aromatic N) is 1. The van der Waals surface area contributed by atoms with Gasteiger partial charge in [0.2, 0.25) is 5.91 Å². The van der Waals surface area contributed by atoms with Gasteiger partial charge in [-0.3, -0.25) is 4.79 Å². The van der Waals surface area contributed by atoms with E-state index in [9.17, 15) is 4.79 Å². The van der Waals surface area contributed by atoms with E-state index in [-0.39, 0.29) is 17.2 Å². The second-order valence-corrected chi connectivity index (χ2v) is 7.00. The summed E-state index contributed by atoms with van der Waals surface area (Å²) in [4.78, 5) is 15.1. The average Bonchev–Trinajstić information content (AvgIpc) is 2.64. The van der Waals surface area contributed by atoms with Gasteiger partial charge in [0.25, 0.3) is 0 Å². The Balaban J connectivity index is 1.53. The van der Waals surface area contributed by atoms with E-state index in [2.05, 4.69) is 12.1 Å². The fraction of sp³-hybridized carbons (Fsp3) is 0.381. The zero-order valence-corrected chi connectivity index (χ0v) is 14.5. The van der Waals surface area contributed by atoms with E-state index in [0.717, 1.165) is 17.7 Å². The highest BCUT2D eigenvalue weighted by Gasteiger charge is 2.48. The van der Waals surface area contributed by atoms with Crippen molar-refractivity contribution >= 4 is 5.91 Å². The van der Waals surface area contributed by atoms with Gasteiger partial charge in [-0.05, 0) is 18.1 Å². The molecule has 0 spiro atoms.